The number of carbonyl (C=O) groups excluding carboxylic acids is 2. The molecule has 2 heterocycles. The van der Waals surface area contributed by atoms with E-state index in [4.69, 9.17) is 9.15 Å². The Morgan fingerprint density at radius 1 is 1.28 bits per heavy atom. The molecule has 2 atom stereocenters. The lowest BCUT2D eigenvalue weighted by Crippen LogP contribution is -2.54. The van der Waals surface area contributed by atoms with Crippen molar-refractivity contribution in [3.63, 3.8) is 0 Å². The summed E-state index contributed by atoms with van der Waals surface area (Å²) in [5.41, 5.74) is 1.13. The van der Waals surface area contributed by atoms with Crippen LogP contribution in [0.25, 0.3) is 11.0 Å². The summed E-state index contributed by atoms with van der Waals surface area (Å²) in [6.07, 6.45) is 7.63. The lowest BCUT2D eigenvalue weighted by atomic mass is 9.71. The van der Waals surface area contributed by atoms with Gasteiger partial charge in [-0.05, 0) is 56.7 Å². The lowest BCUT2D eigenvalue weighted by molar-refractivity contribution is -0.143. The predicted molar refractivity (Wildman–Crippen MR) is 137 cm³/mol. The fourth-order valence-corrected chi connectivity index (χ4v) is 5.60. The highest BCUT2D eigenvalue weighted by atomic mass is 16.5. The van der Waals surface area contributed by atoms with Crippen molar-refractivity contribution in [1.29, 1.82) is 0 Å². The number of nitrogens with zero attached hydrogens (tertiary/aromatic N) is 1. The maximum atomic E-state index is 12.7. The number of piperidine rings is 1. The Balaban J connectivity index is 1.26. The standard InChI is InChI=1S/C28H38N2O6/c1-3-4-7-20-16-26(33)36-27-19(2)23(10-9-22(20)27)35-18-24(31)29-14-11-25(32)30-15-13-28(34)12-6-5-8-21(28)17-30/h9-10,16,21,34H,3-8,11-15,17-18H2,1-2H3,(H,29,31)/t21-,28+/m0/s1. The molecule has 0 spiro atoms. The van der Waals surface area contributed by atoms with Crippen molar-refractivity contribution in [3.8, 4) is 5.75 Å². The van der Waals surface area contributed by atoms with Gasteiger partial charge in [0.2, 0.25) is 5.91 Å². The van der Waals surface area contributed by atoms with E-state index < -0.39 is 11.2 Å². The summed E-state index contributed by atoms with van der Waals surface area (Å²) >= 11 is 0. The summed E-state index contributed by atoms with van der Waals surface area (Å²) in [5.74, 6) is 0.325. The quantitative estimate of drug-likeness (QED) is 0.513. The molecule has 2 N–H and O–H groups in total. The number of hydrogen-bond acceptors (Lipinski definition) is 6. The first-order valence-corrected chi connectivity index (χ1v) is 13.3. The van der Waals surface area contributed by atoms with E-state index in [2.05, 4.69) is 12.2 Å². The van der Waals surface area contributed by atoms with Crippen molar-refractivity contribution in [1.82, 2.24) is 10.2 Å². The van der Waals surface area contributed by atoms with E-state index in [1.54, 1.807) is 12.1 Å². The largest absolute Gasteiger partial charge is 0.483 e. The molecule has 2 amide bonds. The summed E-state index contributed by atoms with van der Waals surface area (Å²) in [4.78, 5) is 38.9. The van der Waals surface area contributed by atoms with Crippen molar-refractivity contribution in [2.75, 3.05) is 26.2 Å². The number of aryl methyl sites for hydroxylation is 2. The Labute approximate surface area is 212 Å². The van der Waals surface area contributed by atoms with Crippen molar-refractivity contribution >= 4 is 22.8 Å². The molecule has 1 saturated carbocycles. The van der Waals surface area contributed by atoms with E-state index in [9.17, 15) is 19.5 Å². The van der Waals surface area contributed by atoms with Crippen LogP contribution in [-0.4, -0.2) is 53.7 Å². The lowest BCUT2D eigenvalue weighted by Gasteiger charge is -2.47. The number of unbranched alkanes of at least 4 members (excludes halogenated alkanes) is 1. The minimum Gasteiger partial charge on any atom is -0.483 e. The van der Waals surface area contributed by atoms with Crippen LogP contribution in [0, 0.1) is 12.8 Å². The van der Waals surface area contributed by atoms with Gasteiger partial charge in [-0.15, -0.1) is 0 Å². The molecule has 0 radical (unpaired) electrons. The number of benzene rings is 1. The second-order valence-corrected chi connectivity index (χ2v) is 10.3. The minimum absolute atomic E-state index is 0.00289. The fraction of sp³-hybridized carbons (Fsp3) is 0.607. The number of hydrogen-bond donors (Lipinski definition) is 2. The van der Waals surface area contributed by atoms with Gasteiger partial charge in [-0.3, -0.25) is 9.59 Å². The molecule has 196 valence electrons. The molecule has 36 heavy (non-hydrogen) atoms. The molecule has 4 rings (SSSR count). The van der Waals surface area contributed by atoms with Crippen molar-refractivity contribution in [2.45, 2.75) is 77.2 Å². The zero-order chi connectivity index (χ0) is 25.7. The second kappa shape index (κ2) is 11.5. The van der Waals surface area contributed by atoms with Crippen LogP contribution < -0.4 is 15.7 Å². The topological polar surface area (TPSA) is 109 Å². The first-order chi connectivity index (χ1) is 17.3. The van der Waals surface area contributed by atoms with Crippen LogP contribution in [0.2, 0.25) is 0 Å². The maximum absolute atomic E-state index is 12.7. The molecule has 2 fully saturated rings. The normalized spacial score (nSPS) is 21.8. The van der Waals surface area contributed by atoms with Crippen molar-refractivity contribution in [2.24, 2.45) is 5.92 Å². The van der Waals surface area contributed by atoms with E-state index in [0.717, 1.165) is 55.9 Å². The van der Waals surface area contributed by atoms with E-state index in [1.807, 2.05) is 17.9 Å². The van der Waals surface area contributed by atoms with Crippen LogP contribution in [0.15, 0.2) is 27.4 Å². The average molecular weight is 499 g/mol. The number of amides is 2. The molecule has 1 aliphatic heterocycles. The summed E-state index contributed by atoms with van der Waals surface area (Å²) in [7, 11) is 0. The van der Waals surface area contributed by atoms with Crippen LogP contribution in [0.1, 0.15) is 69.4 Å². The third-order valence-corrected chi connectivity index (χ3v) is 7.80. The molecule has 8 heteroatoms. The summed E-state index contributed by atoms with van der Waals surface area (Å²) in [6.45, 7) is 5.13. The molecule has 1 aliphatic carbocycles. The van der Waals surface area contributed by atoms with Crippen LogP contribution in [-0.2, 0) is 16.0 Å². The van der Waals surface area contributed by atoms with Crippen molar-refractivity contribution in [3.05, 3.63) is 39.7 Å². The molecule has 2 aromatic rings. The fourth-order valence-electron chi connectivity index (χ4n) is 5.60. The highest BCUT2D eigenvalue weighted by Gasteiger charge is 2.43. The number of likely N-dealkylation sites (tertiary alicyclic amines) is 1. The molecule has 0 unspecified atom stereocenters. The Bertz CT molecular complexity index is 1160. The van der Waals surface area contributed by atoms with E-state index in [-0.39, 0.29) is 37.3 Å². The number of rotatable bonds is 9. The van der Waals surface area contributed by atoms with Gasteiger partial charge in [-0.2, -0.15) is 0 Å². The van der Waals surface area contributed by atoms with Gasteiger partial charge >= 0.3 is 5.63 Å². The first-order valence-electron chi connectivity index (χ1n) is 13.3. The van der Waals surface area contributed by atoms with E-state index in [1.165, 1.54) is 0 Å². The van der Waals surface area contributed by atoms with Gasteiger partial charge in [0.25, 0.3) is 5.91 Å². The van der Waals surface area contributed by atoms with Gasteiger partial charge in [-0.1, -0.05) is 26.2 Å². The number of aliphatic hydroxyl groups is 1. The zero-order valence-electron chi connectivity index (χ0n) is 21.4. The Morgan fingerprint density at radius 3 is 2.92 bits per heavy atom. The number of fused-ring (bicyclic) bond motifs is 2. The number of nitrogens with one attached hydrogen (secondary N) is 1. The van der Waals surface area contributed by atoms with Crippen LogP contribution in [0.5, 0.6) is 5.75 Å². The van der Waals surface area contributed by atoms with Gasteiger partial charge in [0.1, 0.15) is 11.3 Å². The Hall–Kier alpha value is -2.87. The second-order valence-electron chi connectivity index (χ2n) is 10.3. The Morgan fingerprint density at radius 2 is 2.11 bits per heavy atom. The SMILES string of the molecule is CCCCc1cc(=O)oc2c(C)c(OCC(=O)NCCC(=O)N3CC[C@]4(O)CCCC[C@H]4C3)ccc12. The summed E-state index contributed by atoms with van der Waals surface area (Å²) in [6, 6.07) is 5.22. The molecule has 1 saturated heterocycles. The number of ether oxygens (including phenoxy) is 1. The van der Waals surface area contributed by atoms with Gasteiger partial charge in [0.05, 0.1) is 5.60 Å². The molecular weight excluding hydrogens is 460 g/mol. The molecule has 1 aromatic carbocycles. The van der Waals surface area contributed by atoms with Gasteiger partial charge in [0.15, 0.2) is 6.61 Å². The van der Waals surface area contributed by atoms with E-state index >= 15 is 0 Å². The predicted octanol–water partition coefficient (Wildman–Crippen LogP) is 3.48. The summed E-state index contributed by atoms with van der Waals surface area (Å²) < 4.78 is 11.2. The molecule has 2 aliphatic rings. The number of carbonyl (C=O) groups is 2. The maximum Gasteiger partial charge on any atom is 0.336 e. The first kappa shape index (κ1) is 26.2. The highest BCUT2D eigenvalue weighted by molar-refractivity contribution is 5.85. The van der Waals surface area contributed by atoms with E-state index in [0.29, 0.717) is 36.4 Å². The third kappa shape index (κ3) is 5.91. The minimum atomic E-state index is -0.610. The van der Waals surface area contributed by atoms with Gasteiger partial charge in [0, 0.05) is 49.0 Å². The third-order valence-electron chi connectivity index (χ3n) is 7.80. The monoisotopic (exact) mass is 498 g/mol. The van der Waals surface area contributed by atoms with Gasteiger partial charge < -0.3 is 24.5 Å². The van der Waals surface area contributed by atoms with Gasteiger partial charge in [-0.25, -0.2) is 4.79 Å². The highest BCUT2D eigenvalue weighted by Crippen LogP contribution is 2.39. The Kier molecular flexibility index (Phi) is 8.34. The summed E-state index contributed by atoms with van der Waals surface area (Å²) in [5, 5.41) is 14.4. The molecular formula is C28H38N2O6. The van der Waals surface area contributed by atoms with Crippen LogP contribution in [0.4, 0.5) is 0 Å². The average Bonchev–Trinajstić information content (AvgIpc) is 2.86. The smallest absolute Gasteiger partial charge is 0.336 e. The molecule has 1 aromatic heterocycles. The molecule has 0 bridgehead atoms. The van der Waals surface area contributed by atoms with Crippen molar-refractivity contribution < 1.29 is 23.8 Å². The molecule has 8 nitrogen and oxygen atoms in total. The van der Waals surface area contributed by atoms with Crippen LogP contribution >= 0.6 is 0 Å². The zero-order valence-corrected chi connectivity index (χ0v) is 21.4. The van der Waals surface area contributed by atoms with Crippen LogP contribution in [0.3, 0.4) is 0 Å².